The maximum Gasteiger partial charge on any atom is 0.163 e. The van der Waals surface area contributed by atoms with Crippen LogP contribution in [-0.4, -0.2) is 39.3 Å². The van der Waals surface area contributed by atoms with Gasteiger partial charge in [-0.2, -0.15) is 0 Å². The highest BCUT2D eigenvalue weighted by Crippen LogP contribution is 2.29. The molecule has 0 bridgehead atoms. The third-order valence-corrected chi connectivity index (χ3v) is 3.63. The van der Waals surface area contributed by atoms with E-state index < -0.39 is 5.79 Å². The molecule has 1 aliphatic rings. The average Bonchev–Trinajstić information content (AvgIpc) is 2.83. The van der Waals surface area contributed by atoms with Gasteiger partial charge in [0.2, 0.25) is 0 Å². The molecule has 1 saturated heterocycles. The summed E-state index contributed by atoms with van der Waals surface area (Å²) in [5.41, 5.74) is 1.09. The van der Waals surface area contributed by atoms with Crippen molar-refractivity contribution in [3.63, 3.8) is 0 Å². The van der Waals surface area contributed by atoms with Gasteiger partial charge in [0.1, 0.15) is 11.5 Å². The summed E-state index contributed by atoms with van der Waals surface area (Å²) in [6.45, 7) is 7.32. The third-order valence-electron chi connectivity index (χ3n) is 3.63. The van der Waals surface area contributed by atoms with Crippen molar-refractivity contribution in [2.45, 2.75) is 38.7 Å². The number of hydrogen-bond acceptors (Lipinski definition) is 5. The van der Waals surface area contributed by atoms with Crippen LogP contribution in [-0.2, 0) is 9.47 Å². The van der Waals surface area contributed by atoms with Gasteiger partial charge in [-0.1, -0.05) is 6.07 Å². The largest absolute Gasteiger partial charge is 0.497 e. The second-order valence-corrected chi connectivity index (χ2v) is 5.69. The molecule has 2 atom stereocenters. The van der Waals surface area contributed by atoms with E-state index in [4.69, 9.17) is 18.9 Å². The van der Waals surface area contributed by atoms with Crippen LogP contribution >= 0.6 is 0 Å². The first-order chi connectivity index (χ1) is 9.95. The van der Waals surface area contributed by atoms with Crippen LogP contribution in [0.3, 0.4) is 0 Å². The second-order valence-electron chi connectivity index (χ2n) is 5.69. The molecule has 1 N–H and O–H groups in total. The van der Waals surface area contributed by atoms with E-state index in [-0.39, 0.29) is 12.1 Å². The number of ether oxygens (including phenoxy) is 4. The number of hydrogen-bond donors (Lipinski definition) is 1. The van der Waals surface area contributed by atoms with Gasteiger partial charge in [-0.3, -0.25) is 0 Å². The number of methoxy groups -OCH3 is 2. The van der Waals surface area contributed by atoms with Crippen LogP contribution in [0.25, 0.3) is 0 Å². The third kappa shape index (κ3) is 4.09. The molecule has 0 aliphatic carbocycles. The van der Waals surface area contributed by atoms with Crippen molar-refractivity contribution >= 4 is 0 Å². The van der Waals surface area contributed by atoms with Gasteiger partial charge in [0.05, 0.1) is 26.9 Å². The predicted octanol–water partition coefficient (Wildman–Crippen LogP) is 2.51. The van der Waals surface area contributed by atoms with E-state index in [9.17, 15) is 0 Å². The Hall–Kier alpha value is -1.30. The Morgan fingerprint density at radius 1 is 1.33 bits per heavy atom. The van der Waals surface area contributed by atoms with Gasteiger partial charge in [0.15, 0.2) is 5.79 Å². The van der Waals surface area contributed by atoms with Gasteiger partial charge in [0.25, 0.3) is 0 Å². The molecule has 0 spiro atoms. The normalized spacial score (nSPS) is 22.0. The van der Waals surface area contributed by atoms with Crippen LogP contribution in [0, 0.1) is 0 Å². The predicted molar refractivity (Wildman–Crippen MR) is 80.9 cm³/mol. The van der Waals surface area contributed by atoms with E-state index in [2.05, 4.69) is 12.2 Å². The molecule has 5 nitrogen and oxygen atoms in total. The lowest BCUT2D eigenvalue weighted by atomic mass is 10.1. The fraction of sp³-hybridized carbons (Fsp3) is 0.625. The number of benzene rings is 1. The highest BCUT2D eigenvalue weighted by Gasteiger charge is 2.32. The van der Waals surface area contributed by atoms with Crippen LogP contribution in [0.15, 0.2) is 18.2 Å². The summed E-state index contributed by atoms with van der Waals surface area (Å²) in [7, 11) is 3.32. The summed E-state index contributed by atoms with van der Waals surface area (Å²) in [5, 5.41) is 3.46. The lowest BCUT2D eigenvalue weighted by Gasteiger charge is -2.21. The molecule has 21 heavy (non-hydrogen) atoms. The van der Waals surface area contributed by atoms with Gasteiger partial charge in [-0.25, -0.2) is 0 Å². The minimum Gasteiger partial charge on any atom is -0.497 e. The van der Waals surface area contributed by atoms with Crippen LogP contribution < -0.4 is 14.8 Å². The van der Waals surface area contributed by atoms with Crippen molar-refractivity contribution in [2.24, 2.45) is 0 Å². The monoisotopic (exact) mass is 295 g/mol. The molecule has 2 unspecified atom stereocenters. The summed E-state index contributed by atoms with van der Waals surface area (Å²) in [4.78, 5) is 0. The Kier molecular flexibility index (Phi) is 5.08. The molecule has 1 aliphatic heterocycles. The Bertz CT molecular complexity index is 475. The summed E-state index contributed by atoms with van der Waals surface area (Å²) in [6.07, 6.45) is 0.0756. The molecule has 0 radical (unpaired) electrons. The zero-order chi connectivity index (χ0) is 15.5. The lowest BCUT2D eigenvalue weighted by molar-refractivity contribution is -0.137. The van der Waals surface area contributed by atoms with Gasteiger partial charge in [-0.15, -0.1) is 0 Å². The summed E-state index contributed by atoms with van der Waals surface area (Å²) < 4.78 is 22.0. The molecule has 1 fully saturated rings. The van der Waals surface area contributed by atoms with Crippen molar-refractivity contribution in [1.82, 2.24) is 5.32 Å². The second kappa shape index (κ2) is 6.64. The van der Waals surface area contributed by atoms with E-state index in [1.54, 1.807) is 14.2 Å². The first kappa shape index (κ1) is 16.1. The molecule has 2 rings (SSSR count). The van der Waals surface area contributed by atoms with E-state index in [1.165, 1.54) is 0 Å². The van der Waals surface area contributed by atoms with Crippen molar-refractivity contribution in [2.75, 3.05) is 27.4 Å². The van der Waals surface area contributed by atoms with Crippen LogP contribution in [0.1, 0.15) is 32.4 Å². The molecule has 5 heteroatoms. The Balaban J connectivity index is 1.95. The molecular weight excluding hydrogens is 270 g/mol. The Labute approximate surface area is 126 Å². The maximum atomic E-state index is 5.79. The van der Waals surface area contributed by atoms with E-state index in [1.807, 2.05) is 32.0 Å². The minimum atomic E-state index is -0.479. The molecule has 0 aromatic heterocycles. The van der Waals surface area contributed by atoms with E-state index >= 15 is 0 Å². The maximum absolute atomic E-state index is 5.79. The van der Waals surface area contributed by atoms with Gasteiger partial charge >= 0.3 is 0 Å². The topological polar surface area (TPSA) is 49.0 Å². The molecular formula is C16H25NO4. The number of rotatable bonds is 6. The summed E-state index contributed by atoms with van der Waals surface area (Å²) in [5.74, 6) is 1.13. The summed E-state index contributed by atoms with van der Waals surface area (Å²) in [6, 6.07) is 6.00. The van der Waals surface area contributed by atoms with Crippen molar-refractivity contribution in [3.8, 4) is 11.5 Å². The van der Waals surface area contributed by atoms with Crippen molar-refractivity contribution in [1.29, 1.82) is 0 Å². The van der Waals surface area contributed by atoms with Gasteiger partial charge in [-0.05, 0) is 26.8 Å². The SMILES string of the molecule is COc1ccc(C(C)NCC2COC(C)(C)O2)c(OC)c1. The Morgan fingerprint density at radius 2 is 2.10 bits per heavy atom. The smallest absolute Gasteiger partial charge is 0.163 e. The van der Waals surface area contributed by atoms with Crippen LogP contribution in [0.4, 0.5) is 0 Å². The first-order valence-electron chi connectivity index (χ1n) is 7.22. The Morgan fingerprint density at radius 3 is 2.67 bits per heavy atom. The van der Waals surface area contributed by atoms with Crippen LogP contribution in [0.5, 0.6) is 11.5 Å². The molecule has 1 aromatic carbocycles. The quantitative estimate of drug-likeness (QED) is 0.874. The highest BCUT2D eigenvalue weighted by molar-refractivity contribution is 5.42. The van der Waals surface area contributed by atoms with E-state index in [0.717, 1.165) is 23.6 Å². The average molecular weight is 295 g/mol. The van der Waals surface area contributed by atoms with Crippen LogP contribution in [0.2, 0.25) is 0 Å². The molecule has 118 valence electrons. The fourth-order valence-corrected chi connectivity index (χ4v) is 2.46. The molecule has 1 aromatic rings. The molecule has 0 amide bonds. The minimum absolute atomic E-state index is 0.0756. The fourth-order valence-electron chi connectivity index (χ4n) is 2.46. The number of nitrogens with one attached hydrogen (secondary N) is 1. The standard InChI is InChI=1S/C16H25NO4/c1-11(17-9-13-10-20-16(2,3)21-13)14-7-6-12(18-4)8-15(14)19-5/h6-8,11,13,17H,9-10H2,1-5H3. The van der Waals surface area contributed by atoms with Gasteiger partial charge < -0.3 is 24.3 Å². The molecule has 0 saturated carbocycles. The lowest BCUT2D eigenvalue weighted by Crippen LogP contribution is -2.32. The van der Waals surface area contributed by atoms with Crippen molar-refractivity contribution in [3.05, 3.63) is 23.8 Å². The zero-order valence-corrected chi connectivity index (χ0v) is 13.4. The molecule has 1 heterocycles. The van der Waals surface area contributed by atoms with Crippen molar-refractivity contribution < 1.29 is 18.9 Å². The van der Waals surface area contributed by atoms with E-state index in [0.29, 0.717) is 6.61 Å². The van der Waals surface area contributed by atoms with Gasteiger partial charge in [0, 0.05) is 24.2 Å². The summed E-state index contributed by atoms with van der Waals surface area (Å²) >= 11 is 0. The zero-order valence-electron chi connectivity index (χ0n) is 13.4. The first-order valence-corrected chi connectivity index (χ1v) is 7.22. The highest BCUT2D eigenvalue weighted by atomic mass is 16.7.